The van der Waals surface area contributed by atoms with Gasteiger partial charge in [0.05, 0.1) is 33.3 Å². The molecule has 3 heterocycles. The second-order valence-corrected chi connectivity index (χ2v) is 18.6. The van der Waals surface area contributed by atoms with Crippen LogP contribution in [-0.2, 0) is 5.41 Å². The van der Waals surface area contributed by atoms with Crippen LogP contribution in [0.5, 0.6) is 0 Å². The van der Waals surface area contributed by atoms with E-state index in [2.05, 4.69) is 227 Å². The molecule has 0 bridgehead atoms. The van der Waals surface area contributed by atoms with Crippen LogP contribution in [-0.4, -0.2) is 4.40 Å². The number of fused-ring (bicyclic) bond motifs is 6. The summed E-state index contributed by atoms with van der Waals surface area (Å²) >= 11 is 0. The highest BCUT2D eigenvalue weighted by atomic mass is 16.1. The van der Waals surface area contributed by atoms with Crippen LogP contribution >= 0.6 is 0 Å². The lowest BCUT2D eigenvalue weighted by Crippen LogP contribution is -2.37. The Hall–Kier alpha value is -8.80. The Morgan fingerprint density at radius 2 is 1.06 bits per heavy atom. The van der Waals surface area contributed by atoms with Crippen molar-refractivity contribution in [2.75, 3.05) is 9.80 Å². The molecule has 5 nitrogen and oxygen atoms in total. The predicted molar refractivity (Wildman–Crippen MR) is 290 cm³/mol. The normalized spacial score (nSPS) is 14.4. The van der Waals surface area contributed by atoms with Gasteiger partial charge in [-0.05, 0) is 125 Å². The zero-order valence-electron chi connectivity index (χ0n) is 38.7. The number of hydrogen-bond acceptors (Lipinski definition) is 4. The van der Waals surface area contributed by atoms with Gasteiger partial charge in [-0.2, -0.15) is 0 Å². The number of pyridine rings is 2. The number of anilines is 6. The van der Waals surface area contributed by atoms with Crippen molar-refractivity contribution in [1.82, 2.24) is 4.40 Å². The van der Waals surface area contributed by atoms with E-state index in [1.54, 1.807) is 0 Å². The minimum absolute atomic E-state index is 0.105. The van der Waals surface area contributed by atoms with Gasteiger partial charge in [0.2, 0.25) is 0 Å². The highest BCUT2D eigenvalue weighted by molar-refractivity contribution is 6.09. The molecule has 2 aliphatic rings. The average Bonchev–Trinajstić information content (AvgIpc) is 3.43. The van der Waals surface area contributed by atoms with Gasteiger partial charge in [0.1, 0.15) is 0 Å². The van der Waals surface area contributed by atoms with Gasteiger partial charge in [-0.1, -0.05) is 165 Å². The van der Waals surface area contributed by atoms with Gasteiger partial charge in [-0.25, -0.2) is 0 Å². The molecule has 1 unspecified atom stereocenters. The fourth-order valence-corrected chi connectivity index (χ4v) is 11.8. The third-order valence-electron chi connectivity index (χ3n) is 14.9. The molecule has 1 aliphatic carbocycles. The van der Waals surface area contributed by atoms with Crippen LogP contribution in [0.1, 0.15) is 53.5 Å². The smallest absolute Gasteiger partial charge is 0.197 e. The van der Waals surface area contributed by atoms with Crippen LogP contribution in [0.25, 0.3) is 38.1 Å². The van der Waals surface area contributed by atoms with Crippen molar-refractivity contribution in [3.05, 3.63) is 290 Å². The standard InChI is InChI=1S/C65H47N3O2/c1-43(44-21-6-2-7-22-44)50-29-14-17-34-57(50)66(47-27-12-5-13-28-47)48-37-39-58-53(41-48)63(69)51-30-20-31-52-62(51)68(58)59-40-38-49(42-54(59)64(52)70)67-60-35-18-15-32-55(60)65(45-23-8-3-9-24-45,46-25-10-4-11-26-46)56-33-16-19-36-61(56)67/h3-6,8-43H,2,7H2,1H3. The third kappa shape index (κ3) is 6.18. The van der Waals surface area contributed by atoms with Gasteiger partial charge in [-0.3, -0.25) is 9.59 Å². The highest BCUT2D eigenvalue weighted by Gasteiger charge is 2.46. The summed E-state index contributed by atoms with van der Waals surface area (Å²) in [6.07, 6.45) is 8.98. The Kier molecular flexibility index (Phi) is 9.74. The monoisotopic (exact) mass is 901 g/mol. The van der Waals surface area contributed by atoms with Crippen molar-refractivity contribution in [2.24, 2.45) is 0 Å². The first-order chi connectivity index (χ1) is 34.5. The second-order valence-electron chi connectivity index (χ2n) is 18.6. The number of para-hydroxylation sites is 5. The van der Waals surface area contributed by atoms with Crippen LogP contribution in [0, 0.1) is 0 Å². The van der Waals surface area contributed by atoms with E-state index in [0.717, 1.165) is 69.1 Å². The van der Waals surface area contributed by atoms with E-state index in [1.807, 2.05) is 30.3 Å². The van der Waals surface area contributed by atoms with Crippen molar-refractivity contribution >= 4 is 72.2 Å². The number of rotatable bonds is 8. The molecular weight excluding hydrogens is 855 g/mol. The lowest BCUT2D eigenvalue weighted by molar-refractivity contribution is 0.731. The molecule has 9 aromatic carbocycles. The number of nitrogens with zero attached hydrogens (tertiary/aromatic N) is 3. The summed E-state index contributed by atoms with van der Waals surface area (Å²) in [7, 11) is 0. The van der Waals surface area contributed by atoms with Crippen LogP contribution in [0.3, 0.4) is 0 Å². The van der Waals surface area contributed by atoms with Gasteiger partial charge in [0.15, 0.2) is 10.9 Å². The SMILES string of the molecule is CC(C1=CCCC=C1)c1ccccc1N(c1ccccc1)c1ccc2c(c1)c(=O)c1cccc3c(=O)c4cc(N5c6ccccc6C(c6ccccc6)(c6ccccc6)c6ccccc65)ccc4n2c13. The summed E-state index contributed by atoms with van der Waals surface area (Å²) < 4.78 is 2.14. The van der Waals surface area contributed by atoms with E-state index in [4.69, 9.17) is 0 Å². The van der Waals surface area contributed by atoms with Gasteiger partial charge >= 0.3 is 0 Å². The summed E-state index contributed by atoms with van der Waals surface area (Å²) in [5, 5.41) is 2.17. The zero-order chi connectivity index (χ0) is 46.9. The maximum Gasteiger partial charge on any atom is 0.197 e. The molecule has 1 atom stereocenters. The molecule has 70 heavy (non-hydrogen) atoms. The first-order valence-corrected chi connectivity index (χ1v) is 24.2. The van der Waals surface area contributed by atoms with Crippen molar-refractivity contribution in [3.63, 3.8) is 0 Å². The zero-order valence-corrected chi connectivity index (χ0v) is 38.7. The molecule has 0 spiro atoms. The van der Waals surface area contributed by atoms with Crippen molar-refractivity contribution < 1.29 is 0 Å². The minimum atomic E-state index is -0.616. The molecule has 0 radical (unpaired) electrons. The van der Waals surface area contributed by atoms with Gasteiger partial charge < -0.3 is 14.2 Å². The molecule has 0 N–H and O–H groups in total. The molecule has 13 rings (SSSR count). The first kappa shape index (κ1) is 41.4. The summed E-state index contributed by atoms with van der Waals surface area (Å²) in [5.74, 6) is 0.151. The van der Waals surface area contributed by atoms with E-state index < -0.39 is 5.41 Å². The van der Waals surface area contributed by atoms with Gasteiger partial charge in [0.25, 0.3) is 0 Å². The predicted octanol–water partition coefficient (Wildman–Crippen LogP) is 15.6. The molecule has 0 fully saturated rings. The van der Waals surface area contributed by atoms with E-state index in [0.29, 0.717) is 27.1 Å². The lowest BCUT2D eigenvalue weighted by Gasteiger charge is -2.46. The Bertz CT molecular complexity index is 3940. The topological polar surface area (TPSA) is 45.0 Å². The minimum Gasteiger partial charge on any atom is -0.310 e. The van der Waals surface area contributed by atoms with E-state index >= 15 is 4.79 Å². The fraction of sp³-hybridized carbons (Fsp3) is 0.0769. The third-order valence-corrected chi connectivity index (χ3v) is 14.9. The van der Waals surface area contributed by atoms with Gasteiger partial charge in [0, 0.05) is 50.2 Å². The highest BCUT2D eigenvalue weighted by Crippen LogP contribution is 2.57. The number of hydrogen-bond donors (Lipinski definition) is 0. The fourth-order valence-electron chi connectivity index (χ4n) is 11.8. The van der Waals surface area contributed by atoms with E-state index in [9.17, 15) is 4.79 Å². The molecule has 1 aliphatic heterocycles. The number of benzene rings is 9. The maximum absolute atomic E-state index is 15.1. The lowest BCUT2D eigenvalue weighted by atomic mass is 9.62. The Morgan fingerprint density at radius 1 is 0.500 bits per heavy atom. The second kappa shape index (κ2) is 16.5. The number of allylic oxidation sites excluding steroid dienone is 4. The van der Waals surface area contributed by atoms with Crippen molar-refractivity contribution in [2.45, 2.75) is 31.1 Å². The van der Waals surface area contributed by atoms with Crippen LogP contribution in [0.2, 0.25) is 0 Å². The summed E-state index contributed by atoms with van der Waals surface area (Å²) in [5.41, 5.74) is 14.3. The van der Waals surface area contributed by atoms with Crippen LogP contribution in [0.4, 0.5) is 34.1 Å². The molecular formula is C65H47N3O2. The Labute approximate surface area is 406 Å². The molecule has 0 saturated carbocycles. The van der Waals surface area contributed by atoms with E-state index in [1.165, 1.54) is 22.3 Å². The molecule has 0 saturated heterocycles. The largest absolute Gasteiger partial charge is 0.310 e. The Balaban J connectivity index is 1.03. The number of aromatic nitrogens is 1. The van der Waals surface area contributed by atoms with Crippen LogP contribution < -0.4 is 20.7 Å². The van der Waals surface area contributed by atoms with E-state index in [-0.39, 0.29) is 16.8 Å². The summed E-state index contributed by atoms with van der Waals surface area (Å²) in [6, 6.07) is 75.9. The molecule has 0 amide bonds. The average molecular weight is 902 g/mol. The first-order valence-electron chi connectivity index (χ1n) is 24.2. The Morgan fingerprint density at radius 3 is 1.69 bits per heavy atom. The quantitative estimate of drug-likeness (QED) is 0.113. The van der Waals surface area contributed by atoms with Gasteiger partial charge in [-0.15, -0.1) is 0 Å². The molecule has 11 aromatic rings. The summed E-state index contributed by atoms with van der Waals surface area (Å²) in [4.78, 5) is 34.6. The molecule has 2 aromatic heterocycles. The van der Waals surface area contributed by atoms with Crippen molar-refractivity contribution in [3.8, 4) is 0 Å². The van der Waals surface area contributed by atoms with Crippen LogP contribution in [0.15, 0.2) is 252 Å². The molecule has 334 valence electrons. The van der Waals surface area contributed by atoms with Crippen molar-refractivity contribution in [1.29, 1.82) is 0 Å². The summed E-state index contributed by atoms with van der Waals surface area (Å²) in [6.45, 7) is 2.28. The maximum atomic E-state index is 15.1. The molecule has 5 heteroatoms.